The van der Waals surface area contributed by atoms with Gasteiger partial charge in [0.2, 0.25) is 15.6 Å². The molecule has 0 bridgehead atoms. The van der Waals surface area contributed by atoms with Crippen LogP contribution >= 0.6 is 0 Å². The highest BCUT2D eigenvalue weighted by Gasteiger charge is 2.33. The number of imidazole rings is 1. The molecule has 1 saturated heterocycles. The number of benzene rings is 2. The number of nitrogens with zero attached hydrogens (tertiary/aromatic N) is 4. The maximum absolute atomic E-state index is 15.5. The van der Waals surface area contributed by atoms with Crippen LogP contribution in [0.25, 0.3) is 5.78 Å². The highest BCUT2D eigenvalue weighted by atomic mass is 32.2. The lowest BCUT2D eigenvalue weighted by Gasteiger charge is -2.33. The van der Waals surface area contributed by atoms with Gasteiger partial charge in [-0.05, 0) is 61.1 Å². The lowest BCUT2D eigenvalue weighted by atomic mass is 9.88. The Morgan fingerprint density at radius 2 is 1.72 bits per heavy atom. The summed E-state index contributed by atoms with van der Waals surface area (Å²) in [5.41, 5.74) is 5.15. The number of aromatic nitrogens is 3. The van der Waals surface area contributed by atoms with Crippen LogP contribution in [0.5, 0.6) is 0 Å². The van der Waals surface area contributed by atoms with Gasteiger partial charge in [-0.25, -0.2) is 28.2 Å². The number of hydrogen-bond donors (Lipinski definition) is 2. The first-order valence-corrected chi connectivity index (χ1v) is 16.6. The van der Waals surface area contributed by atoms with E-state index in [4.69, 9.17) is 0 Å². The SMILES string of the molecule is O=C(NCc1ccc(S(=O)(=O)c2ccc(N3NCCC3C3CCCCCCCC3)cc2F)cc1)c1cnc2nccn2c1. The van der Waals surface area contributed by atoms with Gasteiger partial charge in [0.1, 0.15) is 10.7 Å². The van der Waals surface area contributed by atoms with E-state index in [1.54, 1.807) is 41.2 Å². The molecule has 3 heterocycles. The molecule has 43 heavy (non-hydrogen) atoms. The zero-order valence-electron chi connectivity index (χ0n) is 24.1. The summed E-state index contributed by atoms with van der Waals surface area (Å²) in [7, 11) is -4.08. The first kappa shape index (κ1) is 29.3. The Morgan fingerprint density at radius 3 is 2.47 bits per heavy atom. The number of hydrazine groups is 1. The van der Waals surface area contributed by atoms with Crippen molar-refractivity contribution in [1.29, 1.82) is 0 Å². The molecule has 226 valence electrons. The Labute approximate surface area is 251 Å². The van der Waals surface area contributed by atoms with Crippen molar-refractivity contribution in [1.82, 2.24) is 25.1 Å². The van der Waals surface area contributed by atoms with Crippen molar-refractivity contribution in [2.24, 2.45) is 5.92 Å². The topological polar surface area (TPSA) is 109 Å². The van der Waals surface area contributed by atoms with E-state index >= 15 is 4.39 Å². The Hall–Kier alpha value is -3.83. The Balaban J connectivity index is 1.12. The molecule has 2 aromatic carbocycles. The van der Waals surface area contributed by atoms with Crippen molar-refractivity contribution in [2.75, 3.05) is 11.6 Å². The minimum Gasteiger partial charge on any atom is -0.348 e. The number of nitrogens with one attached hydrogen (secondary N) is 2. The quantitative estimate of drug-likeness (QED) is 0.288. The Kier molecular flexibility index (Phi) is 8.71. The molecule has 1 unspecified atom stereocenters. The Bertz CT molecular complexity index is 1680. The van der Waals surface area contributed by atoms with Gasteiger partial charge < -0.3 is 10.3 Å². The molecule has 1 aliphatic heterocycles. The molecule has 0 radical (unpaired) electrons. The molecule has 1 aliphatic carbocycles. The molecule has 2 N–H and O–H groups in total. The molecule has 6 rings (SSSR count). The van der Waals surface area contributed by atoms with Crippen molar-refractivity contribution in [3.63, 3.8) is 0 Å². The van der Waals surface area contributed by atoms with Crippen molar-refractivity contribution in [3.05, 3.63) is 84.2 Å². The number of amides is 1. The predicted octanol–water partition coefficient (Wildman–Crippen LogP) is 5.47. The molecule has 1 saturated carbocycles. The fourth-order valence-corrected chi connectivity index (χ4v) is 7.66. The molecule has 11 heteroatoms. The molecule has 1 amide bonds. The normalized spacial score (nSPS) is 18.7. The van der Waals surface area contributed by atoms with E-state index in [1.165, 1.54) is 81.8 Å². The van der Waals surface area contributed by atoms with Crippen molar-refractivity contribution >= 4 is 27.2 Å². The van der Waals surface area contributed by atoms with Crippen LogP contribution in [0, 0.1) is 11.7 Å². The third kappa shape index (κ3) is 6.42. The van der Waals surface area contributed by atoms with Crippen LogP contribution < -0.4 is 15.8 Å². The van der Waals surface area contributed by atoms with E-state index in [0.29, 0.717) is 28.5 Å². The lowest BCUT2D eigenvalue weighted by molar-refractivity contribution is 0.0950. The summed E-state index contributed by atoms with van der Waals surface area (Å²) in [6, 6.07) is 10.8. The largest absolute Gasteiger partial charge is 0.348 e. The second-order valence-electron chi connectivity index (χ2n) is 11.5. The van der Waals surface area contributed by atoms with Crippen molar-refractivity contribution < 1.29 is 17.6 Å². The number of halogens is 1. The van der Waals surface area contributed by atoms with Gasteiger partial charge >= 0.3 is 0 Å². The fourth-order valence-electron chi connectivity index (χ4n) is 6.35. The molecule has 9 nitrogen and oxygen atoms in total. The first-order chi connectivity index (χ1) is 20.9. The maximum atomic E-state index is 15.5. The zero-order valence-corrected chi connectivity index (χ0v) is 24.9. The molecule has 2 aliphatic rings. The highest BCUT2D eigenvalue weighted by Crippen LogP contribution is 2.34. The zero-order chi connectivity index (χ0) is 29.8. The standard InChI is InChI=1S/C32H37FN6O3S/c33-28-19-26(39-29(15-16-37-39)24-7-5-3-1-2-4-6-8-24)11-14-30(28)43(41,42)27-12-9-23(10-13-27)20-35-31(40)25-21-36-32-34-17-18-38(32)22-25/h9-14,17-19,21-22,24,29,37H,1-8,15-16,20H2,(H,35,40). The van der Waals surface area contributed by atoms with E-state index in [2.05, 4.69) is 25.7 Å². The van der Waals surface area contributed by atoms with Gasteiger partial charge in [-0.1, -0.05) is 50.7 Å². The van der Waals surface area contributed by atoms with Gasteiger partial charge in [0.05, 0.1) is 16.1 Å². The minimum atomic E-state index is -4.08. The molecular weight excluding hydrogens is 567 g/mol. The maximum Gasteiger partial charge on any atom is 0.254 e. The van der Waals surface area contributed by atoms with Crippen LogP contribution in [0.2, 0.25) is 0 Å². The van der Waals surface area contributed by atoms with Crippen LogP contribution in [-0.2, 0) is 16.4 Å². The molecule has 0 spiro atoms. The summed E-state index contributed by atoms with van der Waals surface area (Å²) in [5, 5.41) is 4.87. The molecule has 2 fully saturated rings. The third-order valence-corrected chi connectivity index (χ3v) is 10.5. The third-order valence-electron chi connectivity index (χ3n) is 8.68. The van der Waals surface area contributed by atoms with Gasteiger partial charge in [-0.3, -0.25) is 9.20 Å². The van der Waals surface area contributed by atoms with Crippen LogP contribution in [0.3, 0.4) is 0 Å². The summed E-state index contributed by atoms with van der Waals surface area (Å²) in [6.45, 7) is 1.02. The summed E-state index contributed by atoms with van der Waals surface area (Å²) in [6.07, 6.45) is 17.4. The number of rotatable bonds is 7. The van der Waals surface area contributed by atoms with Crippen LogP contribution in [0.1, 0.15) is 73.7 Å². The second kappa shape index (κ2) is 12.8. The van der Waals surface area contributed by atoms with Gasteiger partial charge in [0.15, 0.2) is 0 Å². The number of hydrogen-bond acceptors (Lipinski definition) is 7. The van der Waals surface area contributed by atoms with Gasteiger partial charge in [-0.2, -0.15) is 0 Å². The number of carbonyl (C=O) groups excluding carboxylic acids is 1. The molecule has 2 aromatic heterocycles. The summed E-state index contributed by atoms with van der Waals surface area (Å²) < 4.78 is 43.9. The van der Waals surface area contributed by atoms with Crippen molar-refractivity contribution in [3.8, 4) is 0 Å². The number of anilines is 1. The van der Waals surface area contributed by atoms with E-state index in [1.807, 2.05) is 0 Å². The van der Waals surface area contributed by atoms with Gasteiger partial charge in [0, 0.05) is 43.9 Å². The average molecular weight is 605 g/mol. The summed E-state index contributed by atoms with van der Waals surface area (Å²) in [4.78, 5) is 20.4. The lowest BCUT2D eigenvalue weighted by Crippen LogP contribution is -2.41. The monoisotopic (exact) mass is 604 g/mol. The molecule has 4 aromatic rings. The summed E-state index contributed by atoms with van der Waals surface area (Å²) in [5.74, 6) is -0.0438. The van der Waals surface area contributed by atoms with Crippen LogP contribution in [0.4, 0.5) is 10.1 Å². The number of carbonyl (C=O) groups is 1. The predicted molar refractivity (Wildman–Crippen MR) is 162 cm³/mol. The summed E-state index contributed by atoms with van der Waals surface area (Å²) >= 11 is 0. The molecular formula is C32H37FN6O3S. The van der Waals surface area contributed by atoms with E-state index in [-0.39, 0.29) is 28.3 Å². The van der Waals surface area contributed by atoms with E-state index in [0.717, 1.165) is 13.0 Å². The molecule has 1 atom stereocenters. The number of fused-ring (bicyclic) bond motifs is 1. The number of sulfone groups is 1. The minimum absolute atomic E-state index is 0.00764. The van der Waals surface area contributed by atoms with Crippen molar-refractivity contribution in [2.45, 2.75) is 80.2 Å². The van der Waals surface area contributed by atoms with Crippen LogP contribution in [0.15, 0.2) is 77.0 Å². The average Bonchev–Trinajstić information content (AvgIpc) is 3.71. The van der Waals surface area contributed by atoms with Crippen LogP contribution in [-0.4, -0.2) is 41.3 Å². The van der Waals surface area contributed by atoms with E-state index in [9.17, 15) is 13.2 Å². The van der Waals surface area contributed by atoms with E-state index < -0.39 is 15.7 Å². The first-order valence-electron chi connectivity index (χ1n) is 15.1. The van der Waals surface area contributed by atoms with Gasteiger partial charge in [0.25, 0.3) is 5.91 Å². The second-order valence-corrected chi connectivity index (χ2v) is 13.4. The highest BCUT2D eigenvalue weighted by molar-refractivity contribution is 7.91. The fraction of sp³-hybridized carbons (Fsp3) is 0.406. The van der Waals surface area contributed by atoms with Gasteiger partial charge in [-0.15, -0.1) is 0 Å². The Morgan fingerprint density at radius 1 is 0.977 bits per heavy atom. The smallest absolute Gasteiger partial charge is 0.254 e.